The second-order valence-corrected chi connectivity index (χ2v) is 4.93. The fourth-order valence-electron chi connectivity index (χ4n) is 1.48. The van der Waals surface area contributed by atoms with Crippen LogP contribution in [0.15, 0.2) is 12.1 Å². The van der Waals surface area contributed by atoms with Gasteiger partial charge in [-0.05, 0) is 18.6 Å². The molecule has 114 valence electrons. The minimum absolute atomic E-state index is 0.127. The van der Waals surface area contributed by atoms with Crippen LogP contribution in [0.2, 0.25) is 10.0 Å². The van der Waals surface area contributed by atoms with Gasteiger partial charge in [-0.2, -0.15) is 0 Å². The first-order valence-corrected chi connectivity index (χ1v) is 6.44. The van der Waals surface area contributed by atoms with E-state index >= 15 is 0 Å². The van der Waals surface area contributed by atoms with E-state index in [2.05, 4.69) is 5.32 Å². The maximum absolute atomic E-state index is 13.3. The van der Waals surface area contributed by atoms with Crippen molar-refractivity contribution in [3.8, 4) is 0 Å². The van der Waals surface area contributed by atoms with E-state index in [0.29, 0.717) is 0 Å². The first-order chi connectivity index (χ1) is 9.72. The van der Waals surface area contributed by atoms with Gasteiger partial charge < -0.3 is 16.2 Å². The number of nitrogens with two attached hydrogens (primary N) is 1. The van der Waals surface area contributed by atoms with E-state index < -0.39 is 29.6 Å². The molecule has 1 rings (SSSR count). The van der Waals surface area contributed by atoms with Crippen LogP contribution in [0.4, 0.5) is 4.39 Å². The van der Waals surface area contributed by atoms with Crippen molar-refractivity contribution >= 4 is 41.0 Å². The van der Waals surface area contributed by atoms with Gasteiger partial charge in [-0.1, -0.05) is 23.2 Å². The highest BCUT2D eigenvalue weighted by Crippen LogP contribution is 2.24. The van der Waals surface area contributed by atoms with Gasteiger partial charge in [0.05, 0.1) is 15.6 Å². The van der Waals surface area contributed by atoms with Crippen molar-refractivity contribution in [2.24, 2.45) is 5.73 Å². The van der Waals surface area contributed by atoms with Crippen LogP contribution in [0.5, 0.6) is 0 Å². The molecule has 1 atom stereocenters. The summed E-state index contributed by atoms with van der Waals surface area (Å²) in [5, 5.41) is 10.7. The minimum atomic E-state index is -1.35. The molecule has 0 aliphatic heterocycles. The number of aliphatic carboxylic acids is 1. The highest BCUT2D eigenvalue weighted by atomic mass is 35.5. The van der Waals surface area contributed by atoms with Crippen LogP contribution in [0.1, 0.15) is 23.2 Å². The molecule has 0 saturated carbocycles. The predicted molar refractivity (Wildman–Crippen MR) is 73.7 cm³/mol. The molecule has 0 radical (unpaired) electrons. The quantitative estimate of drug-likeness (QED) is 0.685. The van der Waals surface area contributed by atoms with E-state index in [1.807, 2.05) is 0 Å². The molecular weight excluding hydrogens is 326 g/mol. The van der Waals surface area contributed by atoms with Gasteiger partial charge >= 0.3 is 5.97 Å². The third-order valence-electron chi connectivity index (χ3n) is 2.54. The van der Waals surface area contributed by atoms with Gasteiger partial charge in [0, 0.05) is 6.42 Å². The Kier molecular flexibility index (Phi) is 5.92. The maximum atomic E-state index is 13.3. The molecule has 6 nitrogen and oxygen atoms in total. The Labute approximate surface area is 129 Å². The summed E-state index contributed by atoms with van der Waals surface area (Å²) in [5.74, 6) is -3.82. The van der Waals surface area contributed by atoms with E-state index in [0.717, 1.165) is 12.1 Å². The molecule has 4 N–H and O–H groups in total. The van der Waals surface area contributed by atoms with Crippen molar-refractivity contribution in [1.29, 1.82) is 0 Å². The molecule has 0 saturated heterocycles. The largest absolute Gasteiger partial charge is 0.480 e. The summed E-state index contributed by atoms with van der Waals surface area (Å²) in [4.78, 5) is 33.5. The Hall–Kier alpha value is -1.86. The summed E-state index contributed by atoms with van der Waals surface area (Å²) in [7, 11) is 0. The monoisotopic (exact) mass is 336 g/mol. The zero-order valence-corrected chi connectivity index (χ0v) is 12.0. The van der Waals surface area contributed by atoms with Crippen molar-refractivity contribution in [1.82, 2.24) is 5.32 Å². The van der Waals surface area contributed by atoms with E-state index in [1.54, 1.807) is 0 Å². The summed E-state index contributed by atoms with van der Waals surface area (Å²) >= 11 is 11.2. The number of carboxylic acid groups (broad SMARTS) is 1. The zero-order valence-electron chi connectivity index (χ0n) is 10.5. The number of hydrogen-bond donors (Lipinski definition) is 3. The summed E-state index contributed by atoms with van der Waals surface area (Å²) in [6.07, 6.45) is -0.413. The average Bonchev–Trinajstić information content (AvgIpc) is 2.37. The zero-order chi connectivity index (χ0) is 16.2. The number of halogens is 3. The summed E-state index contributed by atoms with van der Waals surface area (Å²) in [6, 6.07) is 0.485. The van der Waals surface area contributed by atoms with Gasteiger partial charge in [0.25, 0.3) is 5.91 Å². The second kappa shape index (κ2) is 7.24. The molecule has 9 heteroatoms. The number of carbonyl (C=O) groups excluding carboxylic acids is 2. The van der Waals surface area contributed by atoms with E-state index in [9.17, 15) is 18.8 Å². The minimum Gasteiger partial charge on any atom is -0.480 e. The summed E-state index contributed by atoms with van der Waals surface area (Å²) in [5.41, 5.74) is 4.65. The lowest BCUT2D eigenvalue weighted by Gasteiger charge is -2.14. The summed E-state index contributed by atoms with van der Waals surface area (Å²) < 4.78 is 13.3. The van der Waals surface area contributed by atoms with Crippen molar-refractivity contribution in [3.05, 3.63) is 33.6 Å². The number of carbonyl (C=O) groups is 3. The molecule has 1 unspecified atom stereocenters. The van der Waals surface area contributed by atoms with Crippen LogP contribution in [0.3, 0.4) is 0 Å². The number of benzene rings is 1. The second-order valence-electron chi connectivity index (χ2n) is 4.12. The molecule has 2 amide bonds. The Morgan fingerprint density at radius 1 is 1.29 bits per heavy atom. The SMILES string of the molecule is NC(=O)CCC(NC(=O)c1cc(F)c(Cl)cc1Cl)C(=O)O. The fraction of sp³-hybridized carbons (Fsp3) is 0.250. The van der Waals surface area contributed by atoms with E-state index in [-0.39, 0.29) is 28.5 Å². The standard InChI is InChI=1S/C12H11Cl2FN2O4/c13-6-4-7(14)8(15)3-5(6)11(19)17-9(12(20)21)1-2-10(16)18/h3-4,9H,1-2H2,(H2,16,18)(H,17,19)(H,20,21). The Morgan fingerprint density at radius 2 is 1.90 bits per heavy atom. The molecule has 0 fully saturated rings. The number of rotatable bonds is 6. The maximum Gasteiger partial charge on any atom is 0.326 e. The van der Waals surface area contributed by atoms with Gasteiger partial charge in [0.15, 0.2) is 0 Å². The number of carboxylic acids is 1. The number of primary amides is 1. The Morgan fingerprint density at radius 3 is 2.43 bits per heavy atom. The van der Waals surface area contributed by atoms with Crippen molar-refractivity contribution in [3.63, 3.8) is 0 Å². The van der Waals surface area contributed by atoms with Crippen molar-refractivity contribution in [2.45, 2.75) is 18.9 Å². The Balaban J connectivity index is 2.89. The van der Waals surface area contributed by atoms with Crippen molar-refractivity contribution < 1.29 is 23.9 Å². The van der Waals surface area contributed by atoms with Crippen LogP contribution < -0.4 is 11.1 Å². The van der Waals surface area contributed by atoms with Gasteiger partial charge in [0.2, 0.25) is 5.91 Å². The van der Waals surface area contributed by atoms with Crippen molar-refractivity contribution in [2.75, 3.05) is 0 Å². The molecule has 0 aromatic heterocycles. The van der Waals surface area contributed by atoms with Crippen LogP contribution in [-0.2, 0) is 9.59 Å². The van der Waals surface area contributed by atoms with E-state index in [4.69, 9.17) is 34.0 Å². The molecule has 0 aliphatic rings. The topological polar surface area (TPSA) is 109 Å². The highest BCUT2D eigenvalue weighted by molar-refractivity contribution is 6.36. The van der Waals surface area contributed by atoms with Crippen LogP contribution in [-0.4, -0.2) is 28.9 Å². The lowest BCUT2D eigenvalue weighted by Crippen LogP contribution is -2.41. The molecule has 1 aromatic carbocycles. The van der Waals surface area contributed by atoms with Gasteiger partial charge in [-0.3, -0.25) is 9.59 Å². The molecule has 0 spiro atoms. The third-order valence-corrected chi connectivity index (χ3v) is 3.14. The third kappa shape index (κ3) is 4.87. The molecule has 0 heterocycles. The highest BCUT2D eigenvalue weighted by Gasteiger charge is 2.23. The van der Waals surface area contributed by atoms with Gasteiger partial charge in [0.1, 0.15) is 11.9 Å². The van der Waals surface area contributed by atoms with Crippen LogP contribution in [0.25, 0.3) is 0 Å². The van der Waals surface area contributed by atoms with Crippen LogP contribution >= 0.6 is 23.2 Å². The average molecular weight is 337 g/mol. The van der Waals surface area contributed by atoms with Gasteiger partial charge in [-0.25, -0.2) is 9.18 Å². The lowest BCUT2D eigenvalue weighted by atomic mass is 10.1. The molecule has 0 bridgehead atoms. The first kappa shape index (κ1) is 17.2. The lowest BCUT2D eigenvalue weighted by molar-refractivity contribution is -0.139. The normalized spacial score (nSPS) is 11.8. The number of hydrogen-bond acceptors (Lipinski definition) is 3. The molecule has 1 aromatic rings. The van der Waals surface area contributed by atoms with Crippen LogP contribution in [0, 0.1) is 5.82 Å². The molecule has 0 aliphatic carbocycles. The fourth-order valence-corrected chi connectivity index (χ4v) is 1.95. The molecular formula is C12H11Cl2FN2O4. The predicted octanol–water partition coefficient (Wildman–Crippen LogP) is 1.58. The number of nitrogens with one attached hydrogen (secondary N) is 1. The molecule has 21 heavy (non-hydrogen) atoms. The number of amides is 2. The Bertz CT molecular complexity index is 595. The van der Waals surface area contributed by atoms with E-state index in [1.165, 1.54) is 0 Å². The summed E-state index contributed by atoms with van der Waals surface area (Å²) in [6.45, 7) is 0. The smallest absolute Gasteiger partial charge is 0.326 e. The first-order valence-electron chi connectivity index (χ1n) is 5.69. The van der Waals surface area contributed by atoms with Gasteiger partial charge in [-0.15, -0.1) is 0 Å².